The molecule has 0 unspecified atom stereocenters. The quantitative estimate of drug-likeness (QED) is 0.784. The van der Waals surface area contributed by atoms with Gasteiger partial charge in [0.05, 0.1) is 12.1 Å². The molecule has 3 heterocycles. The third-order valence-electron chi connectivity index (χ3n) is 6.82. The van der Waals surface area contributed by atoms with E-state index < -0.39 is 0 Å². The van der Waals surface area contributed by atoms with Gasteiger partial charge in [-0.2, -0.15) is 0 Å². The van der Waals surface area contributed by atoms with Crippen LogP contribution in [-0.2, 0) is 4.74 Å². The zero-order valence-electron chi connectivity index (χ0n) is 16.8. The summed E-state index contributed by atoms with van der Waals surface area (Å²) >= 11 is 0. The summed E-state index contributed by atoms with van der Waals surface area (Å²) in [4.78, 5) is 16.9. The summed E-state index contributed by atoms with van der Waals surface area (Å²) in [6.45, 7) is 7.08. The lowest BCUT2D eigenvalue weighted by Gasteiger charge is -2.71. The molecule has 6 heteroatoms. The molecule has 3 aliphatic rings. The predicted octanol–water partition coefficient (Wildman–Crippen LogP) is 2.05. The van der Waals surface area contributed by atoms with E-state index >= 15 is 0 Å². The van der Waals surface area contributed by atoms with Gasteiger partial charge < -0.3 is 20.1 Å². The Balaban J connectivity index is 1.52. The number of carbonyl (C=O) groups excluding carboxylic acids is 1. The number of benzene rings is 1. The van der Waals surface area contributed by atoms with Gasteiger partial charge in [0.25, 0.3) is 0 Å². The molecular formula is C22H33N3O3. The molecule has 1 aromatic carbocycles. The Morgan fingerprint density at radius 2 is 1.96 bits per heavy atom. The van der Waals surface area contributed by atoms with Gasteiger partial charge in [0.1, 0.15) is 0 Å². The second-order valence-corrected chi connectivity index (χ2v) is 8.54. The van der Waals surface area contributed by atoms with E-state index in [2.05, 4.69) is 41.4 Å². The van der Waals surface area contributed by atoms with Gasteiger partial charge in [0, 0.05) is 51.4 Å². The first-order valence-electron chi connectivity index (χ1n) is 10.7. The minimum atomic E-state index is -0.0450. The summed E-state index contributed by atoms with van der Waals surface area (Å²) in [5.74, 6) is 0.883. The van der Waals surface area contributed by atoms with E-state index in [4.69, 9.17) is 4.74 Å². The lowest BCUT2D eigenvalue weighted by atomic mass is 9.60. The largest absolute Gasteiger partial charge is 0.395 e. The molecule has 0 saturated carbocycles. The monoisotopic (exact) mass is 387 g/mol. The normalized spacial score (nSPS) is 27.3. The number of aliphatic hydroxyl groups is 1. The highest BCUT2D eigenvalue weighted by atomic mass is 16.5. The molecule has 1 spiro atoms. The number of rotatable bonds is 6. The maximum Gasteiger partial charge on any atom is 0.317 e. The SMILES string of the molecule is CCCNC(=O)N1CC2(C1)[C@H](c1ccccc1)[C@@H](CO)N2CC1CCOCC1. The van der Waals surface area contributed by atoms with E-state index in [9.17, 15) is 9.90 Å². The third kappa shape index (κ3) is 3.42. The molecule has 6 nitrogen and oxygen atoms in total. The van der Waals surface area contributed by atoms with Crippen molar-refractivity contribution in [2.24, 2.45) is 5.92 Å². The Morgan fingerprint density at radius 3 is 2.61 bits per heavy atom. The van der Waals surface area contributed by atoms with E-state index in [1.807, 2.05) is 11.0 Å². The number of likely N-dealkylation sites (tertiary alicyclic amines) is 2. The Kier molecular flexibility index (Phi) is 5.90. The van der Waals surface area contributed by atoms with Crippen LogP contribution in [0, 0.1) is 5.92 Å². The summed E-state index contributed by atoms with van der Waals surface area (Å²) in [6, 6.07) is 10.7. The minimum absolute atomic E-state index is 0.0396. The van der Waals surface area contributed by atoms with E-state index in [-0.39, 0.29) is 30.1 Å². The summed E-state index contributed by atoms with van der Waals surface area (Å²) < 4.78 is 5.53. The van der Waals surface area contributed by atoms with Crippen LogP contribution in [0.4, 0.5) is 4.79 Å². The maximum absolute atomic E-state index is 12.4. The van der Waals surface area contributed by atoms with Crippen LogP contribution in [0.1, 0.15) is 37.7 Å². The third-order valence-corrected chi connectivity index (χ3v) is 6.82. The zero-order chi connectivity index (χ0) is 19.6. The molecule has 0 radical (unpaired) electrons. The molecule has 3 aliphatic heterocycles. The Morgan fingerprint density at radius 1 is 1.25 bits per heavy atom. The van der Waals surface area contributed by atoms with Crippen LogP contribution in [0.5, 0.6) is 0 Å². The first-order chi connectivity index (χ1) is 13.7. The molecule has 2 atom stereocenters. The molecule has 2 N–H and O–H groups in total. The van der Waals surface area contributed by atoms with Crippen molar-refractivity contribution in [3.63, 3.8) is 0 Å². The molecule has 3 saturated heterocycles. The molecule has 2 amide bonds. The second kappa shape index (κ2) is 8.39. The summed E-state index contributed by atoms with van der Waals surface area (Å²) in [5, 5.41) is 13.2. The lowest BCUT2D eigenvalue weighted by molar-refractivity contribution is -0.185. The first kappa shape index (κ1) is 19.7. The van der Waals surface area contributed by atoms with Crippen LogP contribution in [0.3, 0.4) is 0 Å². The first-order valence-corrected chi connectivity index (χ1v) is 10.7. The predicted molar refractivity (Wildman–Crippen MR) is 108 cm³/mol. The number of ether oxygens (including phenoxy) is 1. The number of nitrogens with zero attached hydrogens (tertiary/aromatic N) is 2. The van der Waals surface area contributed by atoms with Gasteiger partial charge in [-0.15, -0.1) is 0 Å². The van der Waals surface area contributed by atoms with Gasteiger partial charge >= 0.3 is 6.03 Å². The number of aliphatic hydroxyl groups excluding tert-OH is 1. The molecule has 154 valence electrons. The highest BCUT2D eigenvalue weighted by Gasteiger charge is 2.66. The van der Waals surface area contributed by atoms with Crippen molar-refractivity contribution >= 4 is 6.03 Å². The number of urea groups is 1. The molecule has 28 heavy (non-hydrogen) atoms. The summed E-state index contributed by atoms with van der Waals surface area (Å²) in [6.07, 6.45) is 3.11. The zero-order valence-corrected chi connectivity index (χ0v) is 16.8. The molecule has 3 fully saturated rings. The molecular weight excluding hydrogens is 354 g/mol. The molecule has 0 bridgehead atoms. The van der Waals surface area contributed by atoms with Crippen molar-refractivity contribution in [2.75, 3.05) is 46.0 Å². The Bertz CT molecular complexity index is 656. The number of hydrogen-bond acceptors (Lipinski definition) is 4. The summed E-state index contributed by atoms with van der Waals surface area (Å²) in [5.41, 5.74) is 1.23. The van der Waals surface area contributed by atoms with Crippen LogP contribution in [0.15, 0.2) is 30.3 Å². The standard InChI is InChI=1S/C22H33N3O3/c1-2-10-23-21(27)24-15-22(16-24)20(18-6-4-3-5-7-18)19(14-26)25(22)13-17-8-11-28-12-9-17/h3-7,17,19-20,26H,2,8-16H2,1H3,(H,23,27)/t19-,20-/m1/s1. The van der Waals surface area contributed by atoms with Gasteiger partial charge in [-0.3, -0.25) is 4.90 Å². The van der Waals surface area contributed by atoms with E-state index in [1.54, 1.807) is 0 Å². The van der Waals surface area contributed by atoms with Crippen LogP contribution >= 0.6 is 0 Å². The highest BCUT2D eigenvalue weighted by molar-refractivity contribution is 5.76. The number of amides is 2. The fraction of sp³-hybridized carbons (Fsp3) is 0.682. The fourth-order valence-electron chi connectivity index (χ4n) is 5.37. The minimum Gasteiger partial charge on any atom is -0.395 e. The van der Waals surface area contributed by atoms with Crippen molar-refractivity contribution in [3.05, 3.63) is 35.9 Å². The summed E-state index contributed by atoms with van der Waals surface area (Å²) in [7, 11) is 0. The van der Waals surface area contributed by atoms with E-state index in [1.165, 1.54) is 5.56 Å². The Labute approximate surface area is 167 Å². The molecule has 1 aromatic rings. The van der Waals surface area contributed by atoms with E-state index in [0.717, 1.165) is 58.7 Å². The smallest absolute Gasteiger partial charge is 0.317 e. The number of nitrogens with one attached hydrogen (secondary N) is 1. The lowest BCUT2D eigenvalue weighted by Crippen LogP contribution is -2.85. The molecule has 0 aliphatic carbocycles. The van der Waals surface area contributed by atoms with E-state index in [0.29, 0.717) is 5.92 Å². The van der Waals surface area contributed by atoms with Gasteiger partial charge in [-0.1, -0.05) is 37.3 Å². The number of hydrogen-bond donors (Lipinski definition) is 2. The van der Waals surface area contributed by atoms with Crippen LogP contribution in [0.25, 0.3) is 0 Å². The fourth-order valence-corrected chi connectivity index (χ4v) is 5.37. The Hall–Kier alpha value is -1.63. The van der Waals surface area contributed by atoms with Crippen LogP contribution < -0.4 is 5.32 Å². The second-order valence-electron chi connectivity index (χ2n) is 8.54. The van der Waals surface area contributed by atoms with Gasteiger partial charge in [0.15, 0.2) is 0 Å². The topological polar surface area (TPSA) is 65.0 Å². The average Bonchev–Trinajstić information content (AvgIpc) is 2.70. The van der Waals surface area contributed by atoms with Crippen LogP contribution in [-0.4, -0.2) is 78.5 Å². The van der Waals surface area contributed by atoms with Crippen molar-refractivity contribution in [1.82, 2.24) is 15.1 Å². The van der Waals surface area contributed by atoms with Crippen molar-refractivity contribution in [1.29, 1.82) is 0 Å². The van der Waals surface area contributed by atoms with Crippen LogP contribution in [0.2, 0.25) is 0 Å². The van der Waals surface area contributed by atoms with Gasteiger partial charge in [0.2, 0.25) is 0 Å². The van der Waals surface area contributed by atoms with Crippen molar-refractivity contribution < 1.29 is 14.6 Å². The van der Waals surface area contributed by atoms with Crippen molar-refractivity contribution in [3.8, 4) is 0 Å². The van der Waals surface area contributed by atoms with Crippen molar-refractivity contribution in [2.45, 2.75) is 43.7 Å². The van der Waals surface area contributed by atoms with Gasteiger partial charge in [-0.25, -0.2) is 4.79 Å². The maximum atomic E-state index is 12.4. The average molecular weight is 388 g/mol. The highest BCUT2D eigenvalue weighted by Crippen LogP contribution is 2.54. The molecule has 0 aromatic heterocycles. The van der Waals surface area contributed by atoms with Gasteiger partial charge in [-0.05, 0) is 30.7 Å². The number of carbonyl (C=O) groups is 1. The molecule has 4 rings (SSSR count).